The number of aromatic nitrogens is 1. The molecular formula is C13H15N3OS. The van der Waals surface area contributed by atoms with Crippen LogP contribution in [-0.4, -0.2) is 10.8 Å². The fourth-order valence-corrected chi connectivity index (χ4v) is 2.40. The van der Waals surface area contributed by atoms with Crippen molar-refractivity contribution in [3.05, 3.63) is 39.8 Å². The lowest BCUT2D eigenvalue weighted by molar-refractivity contribution is 0.101. The molecule has 0 radical (unpaired) electrons. The van der Waals surface area contributed by atoms with E-state index in [-0.39, 0.29) is 5.78 Å². The van der Waals surface area contributed by atoms with Crippen LogP contribution in [0.5, 0.6) is 0 Å². The highest BCUT2D eigenvalue weighted by atomic mass is 32.1. The van der Waals surface area contributed by atoms with Crippen LogP contribution in [-0.2, 0) is 6.54 Å². The van der Waals surface area contributed by atoms with Gasteiger partial charge in [-0.15, -0.1) is 11.3 Å². The molecule has 0 amide bonds. The normalized spacial score (nSPS) is 10.3. The Morgan fingerprint density at radius 2 is 2.28 bits per heavy atom. The molecule has 0 unspecified atom stereocenters. The van der Waals surface area contributed by atoms with E-state index in [9.17, 15) is 4.79 Å². The van der Waals surface area contributed by atoms with Crippen LogP contribution in [0, 0.1) is 6.92 Å². The van der Waals surface area contributed by atoms with Crippen LogP contribution in [0.4, 0.5) is 11.4 Å². The Morgan fingerprint density at radius 3 is 2.83 bits per heavy atom. The first kappa shape index (κ1) is 12.6. The molecule has 1 aromatic carbocycles. The van der Waals surface area contributed by atoms with E-state index in [1.165, 1.54) is 11.8 Å². The summed E-state index contributed by atoms with van der Waals surface area (Å²) in [6.45, 7) is 4.21. The maximum Gasteiger partial charge on any atom is 0.161 e. The molecule has 3 N–H and O–H groups in total. The smallest absolute Gasteiger partial charge is 0.161 e. The Bertz CT molecular complexity index is 577. The molecule has 0 saturated carbocycles. The van der Waals surface area contributed by atoms with E-state index >= 15 is 0 Å². The van der Waals surface area contributed by atoms with Gasteiger partial charge >= 0.3 is 0 Å². The summed E-state index contributed by atoms with van der Waals surface area (Å²) < 4.78 is 0. The van der Waals surface area contributed by atoms with E-state index in [0.717, 1.165) is 10.7 Å². The lowest BCUT2D eigenvalue weighted by Gasteiger charge is -2.07. The zero-order chi connectivity index (χ0) is 13.1. The van der Waals surface area contributed by atoms with Crippen LogP contribution in [0.3, 0.4) is 0 Å². The number of nitrogens with zero attached hydrogens (tertiary/aromatic N) is 1. The highest BCUT2D eigenvalue weighted by molar-refractivity contribution is 7.11. The molecule has 2 aromatic rings. The summed E-state index contributed by atoms with van der Waals surface area (Å²) in [6, 6.07) is 5.39. The fourth-order valence-electron chi connectivity index (χ4n) is 1.67. The van der Waals surface area contributed by atoms with Gasteiger partial charge in [-0.05, 0) is 32.0 Å². The van der Waals surface area contributed by atoms with Gasteiger partial charge in [-0.25, -0.2) is 4.98 Å². The molecule has 1 aromatic heterocycles. The Hall–Kier alpha value is -1.88. The zero-order valence-electron chi connectivity index (χ0n) is 10.4. The summed E-state index contributed by atoms with van der Waals surface area (Å²) in [5.74, 6) is -0.0165. The first-order valence-corrected chi connectivity index (χ1v) is 6.43. The fraction of sp³-hybridized carbons (Fsp3) is 0.231. The standard InChI is InChI=1S/C13H15N3OS/c1-8(17)12-4-3-10(5-13(12)14)16-7-11-6-15-9(2)18-11/h3-6,16H,7,14H2,1-2H3. The van der Waals surface area contributed by atoms with Crippen molar-refractivity contribution in [3.8, 4) is 0 Å². The molecule has 18 heavy (non-hydrogen) atoms. The number of Topliss-reactive ketones (excluding diaryl/α,β-unsaturated/α-hetero) is 1. The largest absolute Gasteiger partial charge is 0.398 e. The first-order valence-electron chi connectivity index (χ1n) is 5.62. The van der Waals surface area contributed by atoms with E-state index in [4.69, 9.17) is 5.73 Å². The van der Waals surface area contributed by atoms with Crippen molar-refractivity contribution in [2.24, 2.45) is 0 Å². The Kier molecular flexibility index (Phi) is 3.62. The highest BCUT2D eigenvalue weighted by Gasteiger charge is 2.05. The minimum Gasteiger partial charge on any atom is -0.398 e. The molecule has 4 nitrogen and oxygen atoms in total. The summed E-state index contributed by atoms with van der Waals surface area (Å²) in [5.41, 5.74) is 7.80. The quantitative estimate of drug-likeness (QED) is 0.656. The molecule has 2 rings (SSSR count). The van der Waals surface area contributed by atoms with Gasteiger partial charge in [-0.3, -0.25) is 4.79 Å². The van der Waals surface area contributed by atoms with E-state index < -0.39 is 0 Å². The minimum absolute atomic E-state index is 0.0165. The highest BCUT2D eigenvalue weighted by Crippen LogP contribution is 2.20. The average molecular weight is 261 g/mol. The number of ketones is 1. The van der Waals surface area contributed by atoms with Crippen LogP contribution in [0.15, 0.2) is 24.4 Å². The minimum atomic E-state index is -0.0165. The van der Waals surface area contributed by atoms with E-state index in [2.05, 4.69) is 10.3 Å². The third kappa shape index (κ3) is 2.87. The van der Waals surface area contributed by atoms with Crippen LogP contribution in [0.1, 0.15) is 27.2 Å². The van der Waals surface area contributed by atoms with Gasteiger partial charge < -0.3 is 11.1 Å². The molecule has 0 bridgehead atoms. The van der Waals surface area contributed by atoms with Crippen molar-refractivity contribution < 1.29 is 4.79 Å². The van der Waals surface area contributed by atoms with Crippen LogP contribution < -0.4 is 11.1 Å². The van der Waals surface area contributed by atoms with Gasteiger partial charge in [0.15, 0.2) is 5.78 Å². The van der Waals surface area contributed by atoms with Gasteiger partial charge in [0.1, 0.15) is 0 Å². The van der Waals surface area contributed by atoms with Gasteiger partial charge in [-0.2, -0.15) is 0 Å². The summed E-state index contributed by atoms with van der Waals surface area (Å²) in [6.07, 6.45) is 1.86. The molecule has 0 saturated heterocycles. The molecule has 94 valence electrons. The number of anilines is 2. The molecule has 0 fully saturated rings. The predicted molar refractivity (Wildman–Crippen MR) is 75.0 cm³/mol. The molecule has 0 aliphatic carbocycles. The summed E-state index contributed by atoms with van der Waals surface area (Å²) in [5, 5.41) is 4.31. The van der Waals surface area contributed by atoms with Crippen LogP contribution >= 0.6 is 11.3 Å². The van der Waals surface area contributed by atoms with Gasteiger partial charge in [0.05, 0.1) is 11.6 Å². The molecule has 1 heterocycles. The van der Waals surface area contributed by atoms with E-state index in [1.807, 2.05) is 19.2 Å². The van der Waals surface area contributed by atoms with Crippen LogP contribution in [0.2, 0.25) is 0 Å². The number of aryl methyl sites for hydroxylation is 1. The van der Waals surface area contributed by atoms with E-state index in [1.54, 1.807) is 23.5 Å². The second-order valence-corrected chi connectivity index (χ2v) is 5.38. The number of rotatable bonds is 4. The maximum atomic E-state index is 11.3. The number of benzene rings is 1. The summed E-state index contributed by atoms with van der Waals surface area (Å²) in [7, 11) is 0. The Morgan fingerprint density at radius 1 is 1.50 bits per heavy atom. The van der Waals surface area contributed by atoms with Crippen molar-refractivity contribution in [1.82, 2.24) is 4.98 Å². The summed E-state index contributed by atoms with van der Waals surface area (Å²) in [4.78, 5) is 16.6. The molecule has 0 atom stereocenters. The van der Waals surface area contributed by atoms with Crippen molar-refractivity contribution in [3.63, 3.8) is 0 Å². The van der Waals surface area contributed by atoms with Crippen molar-refractivity contribution in [1.29, 1.82) is 0 Å². The maximum absolute atomic E-state index is 11.3. The molecule has 0 spiro atoms. The number of carbonyl (C=O) groups is 1. The number of nitrogens with two attached hydrogens (primary N) is 1. The summed E-state index contributed by atoms with van der Waals surface area (Å²) >= 11 is 1.66. The number of nitrogen functional groups attached to an aromatic ring is 1. The lowest BCUT2D eigenvalue weighted by atomic mass is 10.1. The second-order valence-electron chi connectivity index (χ2n) is 4.06. The number of hydrogen-bond donors (Lipinski definition) is 2. The number of nitrogens with one attached hydrogen (secondary N) is 1. The van der Waals surface area contributed by atoms with Gasteiger partial charge in [0, 0.05) is 28.0 Å². The van der Waals surface area contributed by atoms with Crippen molar-refractivity contribution >= 4 is 28.5 Å². The van der Waals surface area contributed by atoms with E-state index in [0.29, 0.717) is 17.8 Å². The van der Waals surface area contributed by atoms with Crippen LogP contribution in [0.25, 0.3) is 0 Å². The Balaban J connectivity index is 2.06. The zero-order valence-corrected chi connectivity index (χ0v) is 11.2. The van der Waals surface area contributed by atoms with Gasteiger partial charge in [-0.1, -0.05) is 0 Å². The lowest BCUT2D eigenvalue weighted by Crippen LogP contribution is -2.02. The van der Waals surface area contributed by atoms with Crippen molar-refractivity contribution in [2.45, 2.75) is 20.4 Å². The second kappa shape index (κ2) is 5.18. The number of hydrogen-bond acceptors (Lipinski definition) is 5. The molecular weight excluding hydrogens is 246 g/mol. The monoisotopic (exact) mass is 261 g/mol. The number of thiazole rings is 1. The SMILES string of the molecule is CC(=O)c1ccc(NCc2cnc(C)s2)cc1N. The van der Waals surface area contributed by atoms with Gasteiger partial charge in [0.25, 0.3) is 0 Å². The predicted octanol–water partition coefficient (Wildman–Crippen LogP) is 2.85. The van der Waals surface area contributed by atoms with Gasteiger partial charge in [0.2, 0.25) is 0 Å². The molecule has 0 aliphatic heterocycles. The first-order chi connectivity index (χ1) is 8.56. The molecule has 5 heteroatoms. The van der Waals surface area contributed by atoms with Crippen molar-refractivity contribution in [2.75, 3.05) is 11.1 Å². The number of carbonyl (C=O) groups excluding carboxylic acids is 1. The third-order valence-electron chi connectivity index (χ3n) is 2.57. The third-order valence-corrected chi connectivity index (χ3v) is 3.48. The average Bonchev–Trinajstić information content (AvgIpc) is 2.72. The topological polar surface area (TPSA) is 68.0 Å². The Labute approximate surface area is 110 Å². The molecule has 0 aliphatic rings.